The molecule has 0 saturated carbocycles. The van der Waals surface area contributed by atoms with Crippen molar-refractivity contribution in [1.29, 1.82) is 0 Å². The zero-order valence-corrected chi connectivity index (χ0v) is 11.1. The van der Waals surface area contributed by atoms with E-state index >= 15 is 0 Å². The summed E-state index contributed by atoms with van der Waals surface area (Å²) in [7, 11) is 8.99. The molecule has 7 nitrogen and oxygen atoms in total. The van der Waals surface area contributed by atoms with Gasteiger partial charge in [0, 0.05) is 42.2 Å². The Labute approximate surface area is 101 Å². The molecule has 0 atom stereocenters. The second kappa shape index (κ2) is 4.94. The highest BCUT2D eigenvalue weighted by atomic mass is 16.2. The van der Waals surface area contributed by atoms with Crippen LogP contribution >= 0.6 is 0 Å². The van der Waals surface area contributed by atoms with Gasteiger partial charge in [0.15, 0.2) is 0 Å². The minimum atomic E-state index is -0.120. The summed E-state index contributed by atoms with van der Waals surface area (Å²) in [5, 5.41) is 0. The molecule has 1 rings (SSSR count). The topological polar surface area (TPSA) is 65.5 Å². The van der Waals surface area contributed by atoms with Gasteiger partial charge in [-0.3, -0.25) is 9.69 Å². The summed E-state index contributed by atoms with van der Waals surface area (Å²) < 4.78 is 0. The highest BCUT2D eigenvalue weighted by Gasteiger charge is 2.14. The molecule has 7 heteroatoms. The molecule has 0 saturated heterocycles. The minimum Gasteiger partial charge on any atom is -0.347 e. The third-order valence-corrected chi connectivity index (χ3v) is 2.17. The standard InChI is InChI=1S/C10H18N6O/c1-7(17)16(6)10-12-8(14(2)3)11-9(13-10)15(4)5/h1-6H3. The Balaban J connectivity index is 3.26. The van der Waals surface area contributed by atoms with Gasteiger partial charge in [-0.05, 0) is 0 Å². The van der Waals surface area contributed by atoms with E-state index in [0.717, 1.165) is 0 Å². The lowest BCUT2D eigenvalue weighted by atomic mass is 10.6. The van der Waals surface area contributed by atoms with E-state index in [4.69, 9.17) is 0 Å². The summed E-state index contributed by atoms with van der Waals surface area (Å²) in [5.74, 6) is 1.27. The van der Waals surface area contributed by atoms with Gasteiger partial charge in [0.1, 0.15) is 0 Å². The third kappa shape index (κ3) is 3.02. The summed E-state index contributed by atoms with van der Waals surface area (Å²) in [6.45, 7) is 1.47. The van der Waals surface area contributed by atoms with E-state index in [1.165, 1.54) is 11.8 Å². The predicted octanol–water partition coefficient (Wildman–Crippen LogP) is -0.0137. The SMILES string of the molecule is CC(=O)N(C)c1nc(N(C)C)nc(N(C)C)n1. The van der Waals surface area contributed by atoms with E-state index in [-0.39, 0.29) is 5.91 Å². The minimum absolute atomic E-state index is 0.120. The lowest BCUT2D eigenvalue weighted by molar-refractivity contribution is -0.116. The average Bonchev–Trinajstić information content (AvgIpc) is 2.27. The van der Waals surface area contributed by atoms with Crippen molar-refractivity contribution in [1.82, 2.24) is 15.0 Å². The van der Waals surface area contributed by atoms with E-state index in [2.05, 4.69) is 15.0 Å². The Morgan fingerprint density at radius 3 is 1.47 bits per heavy atom. The molecular formula is C10H18N6O. The van der Waals surface area contributed by atoms with Gasteiger partial charge >= 0.3 is 0 Å². The number of carbonyl (C=O) groups excluding carboxylic acids is 1. The summed E-state index contributed by atoms with van der Waals surface area (Å²) >= 11 is 0. The summed E-state index contributed by atoms with van der Waals surface area (Å²) in [5.41, 5.74) is 0. The second-order valence-electron chi connectivity index (χ2n) is 4.10. The monoisotopic (exact) mass is 238 g/mol. The van der Waals surface area contributed by atoms with Crippen LogP contribution in [0.2, 0.25) is 0 Å². The molecule has 17 heavy (non-hydrogen) atoms. The highest BCUT2D eigenvalue weighted by Crippen LogP contribution is 2.15. The first-order valence-electron chi connectivity index (χ1n) is 5.18. The van der Waals surface area contributed by atoms with Crippen molar-refractivity contribution in [2.24, 2.45) is 0 Å². The van der Waals surface area contributed by atoms with Crippen LogP contribution in [0.25, 0.3) is 0 Å². The number of hydrogen-bond acceptors (Lipinski definition) is 6. The predicted molar refractivity (Wildman–Crippen MR) is 67.6 cm³/mol. The van der Waals surface area contributed by atoms with Crippen LogP contribution in [-0.2, 0) is 4.79 Å². The number of hydrogen-bond donors (Lipinski definition) is 0. The maximum Gasteiger partial charge on any atom is 0.238 e. The molecule has 1 amide bonds. The Morgan fingerprint density at radius 2 is 1.18 bits per heavy atom. The maximum absolute atomic E-state index is 11.3. The van der Waals surface area contributed by atoms with Crippen LogP contribution in [0.3, 0.4) is 0 Å². The molecule has 0 unspecified atom stereocenters. The first-order valence-corrected chi connectivity index (χ1v) is 5.18. The molecule has 0 spiro atoms. The highest BCUT2D eigenvalue weighted by molar-refractivity contribution is 5.89. The van der Waals surface area contributed by atoms with Gasteiger partial charge in [-0.15, -0.1) is 0 Å². The molecule has 0 aliphatic rings. The van der Waals surface area contributed by atoms with Crippen molar-refractivity contribution in [2.45, 2.75) is 6.92 Å². The third-order valence-electron chi connectivity index (χ3n) is 2.17. The van der Waals surface area contributed by atoms with Crippen molar-refractivity contribution in [2.75, 3.05) is 49.9 Å². The van der Waals surface area contributed by atoms with E-state index < -0.39 is 0 Å². The van der Waals surface area contributed by atoms with Crippen molar-refractivity contribution in [3.05, 3.63) is 0 Å². The Morgan fingerprint density at radius 1 is 0.824 bits per heavy atom. The summed E-state index contributed by atoms with van der Waals surface area (Å²) in [6.07, 6.45) is 0. The molecule has 0 radical (unpaired) electrons. The largest absolute Gasteiger partial charge is 0.347 e. The summed E-state index contributed by atoms with van der Waals surface area (Å²) in [4.78, 5) is 28.9. The fourth-order valence-corrected chi connectivity index (χ4v) is 1.03. The number of rotatable bonds is 3. The van der Waals surface area contributed by atoms with Crippen LogP contribution in [0.15, 0.2) is 0 Å². The number of aromatic nitrogens is 3. The molecule has 0 aromatic carbocycles. The van der Waals surface area contributed by atoms with Gasteiger partial charge in [-0.25, -0.2) is 0 Å². The first kappa shape index (κ1) is 13.1. The Bertz CT molecular complexity index is 391. The van der Waals surface area contributed by atoms with E-state index in [0.29, 0.717) is 17.8 Å². The molecule has 1 aromatic heterocycles. The van der Waals surface area contributed by atoms with Crippen molar-refractivity contribution in [3.8, 4) is 0 Å². The van der Waals surface area contributed by atoms with Gasteiger partial charge < -0.3 is 9.80 Å². The number of carbonyl (C=O) groups is 1. The van der Waals surface area contributed by atoms with E-state index in [9.17, 15) is 4.79 Å². The van der Waals surface area contributed by atoms with Crippen LogP contribution in [-0.4, -0.2) is 56.1 Å². The van der Waals surface area contributed by atoms with Crippen LogP contribution in [0.5, 0.6) is 0 Å². The Hall–Kier alpha value is -1.92. The smallest absolute Gasteiger partial charge is 0.238 e. The lowest BCUT2D eigenvalue weighted by Gasteiger charge is -2.19. The van der Waals surface area contributed by atoms with E-state index in [1.54, 1.807) is 16.8 Å². The molecule has 0 aliphatic heterocycles. The van der Waals surface area contributed by atoms with Crippen LogP contribution < -0.4 is 14.7 Å². The average molecular weight is 238 g/mol. The van der Waals surface area contributed by atoms with Crippen molar-refractivity contribution < 1.29 is 4.79 Å². The van der Waals surface area contributed by atoms with Crippen LogP contribution in [0, 0.1) is 0 Å². The maximum atomic E-state index is 11.3. The number of amides is 1. The number of nitrogens with zero attached hydrogens (tertiary/aromatic N) is 6. The molecule has 1 aromatic rings. The van der Waals surface area contributed by atoms with Crippen molar-refractivity contribution >= 4 is 23.8 Å². The molecular weight excluding hydrogens is 220 g/mol. The number of anilines is 3. The molecule has 1 heterocycles. The van der Waals surface area contributed by atoms with Crippen molar-refractivity contribution in [3.63, 3.8) is 0 Å². The molecule has 0 bridgehead atoms. The zero-order chi connectivity index (χ0) is 13.2. The van der Waals surface area contributed by atoms with Gasteiger partial charge in [0.25, 0.3) is 0 Å². The van der Waals surface area contributed by atoms with Gasteiger partial charge in [-0.2, -0.15) is 15.0 Å². The van der Waals surface area contributed by atoms with Gasteiger partial charge in [0.05, 0.1) is 0 Å². The molecule has 0 aliphatic carbocycles. The van der Waals surface area contributed by atoms with Gasteiger partial charge in [0.2, 0.25) is 23.8 Å². The normalized spacial score (nSPS) is 10.0. The Kier molecular flexibility index (Phi) is 3.82. The first-order chi connectivity index (χ1) is 7.82. The fourth-order valence-electron chi connectivity index (χ4n) is 1.03. The fraction of sp³-hybridized carbons (Fsp3) is 0.600. The lowest BCUT2D eigenvalue weighted by Crippen LogP contribution is -2.28. The molecule has 0 fully saturated rings. The molecule has 94 valence electrons. The van der Waals surface area contributed by atoms with Gasteiger partial charge in [-0.1, -0.05) is 0 Å². The quantitative estimate of drug-likeness (QED) is 0.737. The zero-order valence-electron chi connectivity index (χ0n) is 11.1. The summed E-state index contributed by atoms with van der Waals surface area (Å²) in [6, 6.07) is 0. The van der Waals surface area contributed by atoms with Crippen LogP contribution in [0.1, 0.15) is 6.92 Å². The second-order valence-corrected chi connectivity index (χ2v) is 4.10. The van der Waals surface area contributed by atoms with E-state index in [1.807, 2.05) is 28.2 Å². The molecule has 0 N–H and O–H groups in total. The van der Waals surface area contributed by atoms with Crippen LogP contribution in [0.4, 0.5) is 17.8 Å².